The molecule has 0 spiro atoms. The van der Waals surface area contributed by atoms with Crippen LogP contribution in [0.15, 0.2) is 60.3 Å². The molecule has 1 saturated carbocycles. The summed E-state index contributed by atoms with van der Waals surface area (Å²) < 4.78 is 0. The van der Waals surface area contributed by atoms with Gasteiger partial charge in [-0.05, 0) is 30.1 Å². The van der Waals surface area contributed by atoms with Crippen molar-refractivity contribution in [1.29, 1.82) is 0 Å². The van der Waals surface area contributed by atoms with Gasteiger partial charge < -0.3 is 0 Å². The molecule has 0 amide bonds. The molecule has 0 heterocycles. The molecule has 0 saturated heterocycles. The van der Waals surface area contributed by atoms with E-state index in [2.05, 4.69) is 83.2 Å². The quantitative estimate of drug-likeness (QED) is 0.364. The number of hydrogen-bond acceptors (Lipinski definition) is 0. The summed E-state index contributed by atoms with van der Waals surface area (Å²) in [6.07, 6.45) is 21.6. The zero-order valence-electron chi connectivity index (χ0n) is 13.6. The van der Waals surface area contributed by atoms with E-state index in [1.165, 1.54) is 12.8 Å². The summed E-state index contributed by atoms with van der Waals surface area (Å²) in [6.45, 7) is 7.08. The maximum atomic E-state index is 3.76. The van der Waals surface area contributed by atoms with E-state index in [0.29, 0.717) is 15.0 Å². The summed E-state index contributed by atoms with van der Waals surface area (Å²) in [5.74, 6) is 1.82. The van der Waals surface area contributed by atoms with Gasteiger partial charge in [-0.3, -0.25) is 0 Å². The molecular formula is C20H26Fe2. The van der Waals surface area contributed by atoms with Crippen LogP contribution >= 0.6 is 0 Å². The molecule has 0 aromatic carbocycles. The summed E-state index contributed by atoms with van der Waals surface area (Å²) in [5.41, 5.74) is 2.33. The van der Waals surface area contributed by atoms with Gasteiger partial charge >= 0.3 is 90.3 Å². The van der Waals surface area contributed by atoms with Crippen molar-refractivity contribution in [2.45, 2.75) is 43.2 Å². The van der Waals surface area contributed by atoms with E-state index in [0.717, 1.165) is 11.8 Å². The van der Waals surface area contributed by atoms with E-state index in [1.807, 2.05) is 24.3 Å². The molecule has 2 heteroatoms. The Balaban J connectivity index is 0.000000128. The molecule has 0 aromatic rings. The van der Waals surface area contributed by atoms with Crippen molar-refractivity contribution in [3.05, 3.63) is 60.3 Å². The predicted molar refractivity (Wildman–Crippen MR) is 87.8 cm³/mol. The van der Waals surface area contributed by atoms with Gasteiger partial charge in [0.05, 0.1) is 0 Å². The Morgan fingerprint density at radius 3 is 1.59 bits per heavy atom. The molecule has 122 valence electrons. The molecule has 0 aliphatic heterocycles. The molecule has 22 heavy (non-hydrogen) atoms. The molecule has 4 rings (SSSR count). The van der Waals surface area contributed by atoms with Crippen molar-refractivity contribution < 1.29 is 32.0 Å². The van der Waals surface area contributed by atoms with Crippen molar-refractivity contribution in [3.63, 3.8) is 0 Å². The van der Waals surface area contributed by atoms with Gasteiger partial charge in [-0.15, -0.1) is 0 Å². The Labute approximate surface area is 152 Å². The molecule has 4 aliphatic rings. The Hall–Kier alpha value is -0.261. The van der Waals surface area contributed by atoms with Crippen LogP contribution < -0.4 is 0 Å². The van der Waals surface area contributed by atoms with E-state index in [9.17, 15) is 0 Å². The Kier molecular flexibility index (Phi) is 6.59. The summed E-state index contributed by atoms with van der Waals surface area (Å²) >= 11 is 7.53. The molecule has 0 bridgehead atoms. The second-order valence-electron chi connectivity index (χ2n) is 6.85. The zero-order valence-corrected chi connectivity index (χ0v) is 15.8. The summed E-state index contributed by atoms with van der Waals surface area (Å²) in [4.78, 5) is 0.870. The van der Waals surface area contributed by atoms with E-state index < -0.39 is 0 Å². The van der Waals surface area contributed by atoms with E-state index in [4.69, 9.17) is 0 Å². The number of rotatable bonds is 0. The van der Waals surface area contributed by atoms with Gasteiger partial charge in [0.1, 0.15) is 0 Å². The summed E-state index contributed by atoms with van der Waals surface area (Å²) in [5, 5.41) is 0. The van der Waals surface area contributed by atoms with Crippen LogP contribution in [0, 0.1) is 17.3 Å². The van der Waals surface area contributed by atoms with Crippen molar-refractivity contribution in [2.24, 2.45) is 17.3 Å². The number of allylic oxidation sites excluding steroid dienone is 10. The average Bonchev–Trinajstić information content (AvgIpc) is 2.94. The fourth-order valence-electron chi connectivity index (χ4n) is 3.14. The first-order valence-electron chi connectivity index (χ1n) is 8.08. The second-order valence-corrected chi connectivity index (χ2v) is 8.32. The normalized spacial score (nSPS) is 30.1. The predicted octanol–water partition coefficient (Wildman–Crippen LogP) is 5.89. The monoisotopic (exact) mass is 378 g/mol. The summed E-state index contributed by atoms with van der Waals surface area (Å²) in [6, 6.07) is 0. The van der Waals surface area contributed by atoms with Crippen molar-refractivity contribution >= 4 is 0 Å². The van der Waals surface area contributed by atoms with Gasteiger partial charge in [-0.25, -0.2) is 0 Å². The molecule has 4 aliphatic carbocycles. The second kappa shape index (κ2) is 8.02. The molecule has 1 fully saturated rings. The standard InChI is InChI=1S/C10H16.2C5H5.2Fe/c1-7-4-5-8-9(6-7)10(8,2)3;2*1-2-4-5-3-1;;/h6-8H,4-5H2,1-3H3;2*1-5H;;. The third kappa shape index (κ3) is 5.14. The van der Waals surface area contributed by atoms with Crippen LogP contribution in [0.25, 0.3) is 0 Å². The van der Waals surface area contributed by atoms with E-state index in [-0.39, 0.29) is 0 Å². The van der Waals surface area contributed by atoms with Gasteiger partial charge in [0, 0.05) is 0 Å². The van der Waals surface area contributed by atoms with Gasteiger partial charge in [-0.2, -0.15) is 0 Å². The third-order valence-electron chi connectivity index (χ3n) is 4.67. The van der Waals surface area contributed by atoms with Gasteiger partial charge in [0.25, 0.3) is 0 Å². The minimum absolute atomic E-state index is 0.435. The molecule has 2 unspecified atom stereocenters. The Bertz CT molecular complexity index is 470. The molecule has 0 radical (unpaired) electrons. The van der Waals surface area contributed by atoms with Crippen molar-refractivity contribution in [1.82, 2.24) is 0 Å². The van der Waals surface area contributed by atoms with Crippen LogP contribution in [0.3, 0.4) is 0 Å². The van der Waals surface area contributed by atoms with Crippen molar-refractivity contribution in [3.8, 4) is 0 Å². The van der Waals surface area contributed by atoms with Crippen LogP contribution in [-0.4, -0.2) is 0 Å². The van der Waals surface area contributed by atoms with Crippen LogP contribution in [0.5, 0.6) is 0 Å². The van der Waals surface area contributed by atoms with Crippen LogP contribution in [-0.2, 0) is 32.0 Å². The first-order chi connectivity index (χ1) is 10.4. The van der Waals surface area contributed by atoms with Gasteiger partial charge in [-0.1, -0.05) is 32.4 Å². The van der Waals surface area contributed by atoms with E-state index in [1.54, 1.807) is 5.57 Å². The number of fused-ring (bicyclic) bond motifs is 1. The van der Waals surface area contributed by atoms with Crippen LogP contribution in [0.2, 0.25) is 9.63 Å². The maximum absolute atomic E-state index is 3.76. The van der Waals surface area contributed by atoms with Gasteiger partial charge in [0.2, 0.25) is 0 Å². The molecule has 0 aromatic heterocycles. The zero-order chi connectivity index (χ0) is 16.2. The average molecular weight is 378 g/mol. The molecule has 0 nitrogen and oxygen atoms in total. The SMILES string of the molecule is CC1C=C2C(CC1)C2(C)C.[Fe][CH]1C=CC=C1.[Fe][CH]1C=CC=C1. The van der Waals surface area contributed by atoms with Gasteiger partial charge in [0.15, 0.2) is 0 Å². The number of hydrogen-bond donors (Lipinski definition) is 0. The Morgan fingerprint density at radius 2 is 1.32 bits per heavy atom. The van der Waals surface area contributed by atoms with E-state index >= 15 is 0 Å². The summed E-state index contributed by atoms with van der Waals surface area (Å²) in [7, 11) is 0. The molecular weight excluding hydrogens is 352 g/mol. The third-order valence-corrected chi connectivity index (χ3v) is 5.52. The van der Waals surface area contributed by atoms with Crippen LogP contribution in [0.1, 0.15) is 33.6 Å². The van der Waals surface area contributed by atoms with Crippen LogP contribution in [0.4, 0.5) is 0 Å². The first kappa shape index (κ1) is 18.1. The fourth-order valence-corrected chi connectivity index (χ4v) is 3.63. The fraction of sp³-hybridized carbons (Fsp3) is 0.500. The van der Waals surface area contributed by atoms with Crippen molar-refractivity contribution in [2.75, 3.05) is 0 Å². The Morgan fingerprint density at radius 1 is 0.864 bits per heavy atom. The first-order valence-corrected chi connectivity index (χ1v) is 9.36. The molecule has 0 N–H and O–H groups in total. The minimum atomic E-state index is 0.435. The topological polar surface area (TPSA) is 0 Å². The molecule has 2 atom stereocenters.